The molecule has 1 aromatic heterocycles. The monoisotopic (exact) mass is 169 g/mol. The number of carbonyl (C=O) groups is 1. The van der Waals surface area contributed by atoms with Crippen molar-refractivity contribution in [1.29, 1.82) is 0 Å². The molecule has 4 nitrogen and oxygen atoms in total. The predicted molar refractivity (Wildman–Crippen MR) is 42.5 cm³/mol. The number of H-pyrrole nitrogens is 1. The fourth-order valence-corrected chi connectivity index (χ4v) is 0.982. The van der Waals surface area contributed by atoms with Crippen LogP contribution >= 0.6 is 0 Å². The van der Waals surface area contributed by atoms with Gasteiger partial charge in [0.15, 0.2) is 12.7 Å². The average molecular weight is 169 g/mol. The summed E-state index contributed by atoms with van der Waals surface area (Å²) in [5.74, 6) is -1.12. The number of aliphatic carboxylic acids is 1. The molecule has 0 amide bonds. The summed E-state index contributed by atoms with van der Waals surface area (Å²) in [7, 11) is 0. The Morgan fingerprint density at radius 1 is 1.83 bits per heavy atom. The van der Waals surface area contributed by atoms with Gasteiger partial charge in [-0.2, -0.15) is 5.10 Å². The number of nitrogens with zero attached hydrogens (tertiary/aromatic N) is 1. The molecule has 0 aliphatic heterocycles. The minimum absolute atomic E-state index is 0.354. The van der Waals surface area contributed by atoms with Gasteiger partial charge in [0.05, 0.1) is 5.69 Å². The van der Waals surface area contributed by atoms with Gasteiger partial charge in [-0.15, -0.1) is 4.68 Å². The van der Waals surface area contributed by atoms with Crippen LogP contribution in [0.4, 0.5) is 0 Å². The largest absolute Gasteiger partial charge is 0.481 e. The number of carboxylic acids is 1. The normalized spacial score (nSPS) is 12.8. The third-order valence-corrected chi connectivity index (χ3v) is 1.72. The third-order valence-electron chi connectivity index (χ3n) is 1.72. The second kappa shape index (κ2) is 3.38. The first-order chi connectivity index (χ1) is 5.59. The van der Waals surface area contributed by atoms with Gasteiger partial charge in [0.1, 0.15) is 5.92 Å². The lowest BCUT2D eigenvalue weighted by atomic mass is 10.2. The van der Waals surface area contributed by atoms with Gasteiger partial charge in [-0.1, -0.05) is 0 Å². The van der Waals surface area contributed by atoms with E-state index in [1.54, 1.807) is 11.6 Å². The van der Waals surface area contributed by atoms with Crippen LogP contribution in [0.2, 0.25) is 0 Å². The number of aromatic nitrogens is 2. The smallest absolute Gasteiger partial charge is 0.312 e. The number of aromatic amines is 1. The first kappa shape index (κ1) is 8.77. The molecule has 0 bridgehead atoms. The molecule has 1 atom stereocenters. The first-order valence-electron chi connectivity index (χ1n) is 3.87. The molecule has 1 heterocycles. The Morgan fingerprint density at radius 3 is 2.92 bits per heavy atom. The van der Waals surface area contributed by atoms with E-state index >= 15 is 0 Å². The molecule has 1 rings (SSSR count). The lowest BCUT2D eigenvalue weighted by molar-refractivity contribution is -0.753. The topological polar surface area (TPSA) is 57.0 Å². The fourth-order valence-electron chi connectivity index (χ4n) is 0.982. The molecule has 0 aliphatic rings. The van der Waals surface area contributed by atoms with E-state index in [0.29, 0.717) is 6.54 Å². The third kappa shape index (κ3) is 2.08. The Labute approximate surface area is 70.8 Å². The Kier molecular flexibility index (Phi) is 2.47. The summed E-state index contributed by atoms with van der Waals surface area (Å²) in [5, 5.41) is 11.6. The van der Waals surface area contributed by atoms with Crippen LogP contribution in [0.15, 0.2) is 12.3 Å². The summed E-state index contributed by atoms with van der Waals surface area (Å²) >= 11 is 0. The summed E-state index contributed by atoms with van der Waals surface area (Å²) in [5.41, 5.74) is 1.03. The van der Waals surface area contributed by atoms with Crippen molar-refractivity contribution >= 4 is 5.97 Å². The summed E-state index contributed by atoms with van der Waals surface area (Å²) in [6.07, 6.45) is 1.84. The maximum atomic E-state index is 10.5. The molecule has 0 spiro atoms. The van der Waals surface area contributed by atoms with E-state index in [9.17, 15) is 4.79 Å². The molecule has 4 heteroatoms. The highest BCUT2D eigenvalue weighted by atomic mass is 16.4. The standard InChI is InChI=1S/C8H12N2O2/c1-6(8(11)12)5-10-4-3-7(2)9-10/h3-4,6H,5H2,1-2H3,(H,11,12)/p+1. The van der Waals surface area contributed by atoms with Crippen LogP contribution in [0.3, 0.4) is 0 Å². The van der Waals surface area contributed by atoms with E-state index in [4.69, 9.17) is 5.11 Å². The van der Waals surface area contributed by atoms with Crippen molar-refractivity contribution in [2.45, 2.75) is 20.4 Å². The van der Waals surface area contributed by atoms with E-state index < -0.39 is 5.97 Å². The van der Waals surface area contributed by atoms with Gasteiger partial charge in [0, 0.05) is 6.07 Å². The number of hydrogen-bond donors (Lipinski definition) is 2. The van der Waals surface area contributed by atoms with Gasteiger partial charge in [-0.3, -0.25) is 4.79 Å². The molecule has 66 valence electrons. The van der Waals surface area contributed by atoms with Crippen molar-refractivity contribution in [3.8, 4) is 0 Å². The highest BCUT2D eigenvalue weighted by Gasteiger charge is 2.17. The van der Waals surface area contributed by atoms with Gasteiger partial charge in [-0.25, -0.2) is 0 Å². The van der Waals surface area contributed by atoms with E-state index in [0.717, 1.165) is 5.69 Å². The van der Waals surface area contributed by atoms with Crippen molar-refractivity contribution in [3.05, 3.63) is 18.0 Å². The highest BCUT2D eigenvalue weighted by molar-refractivity contribution is 5.69. The molecule has 0 saturated heterocycles. The summed E-state index contributed by atoms with van der Waals surface area (Å²) in [4.78, 5) is 10.5. The van der Waals surface area contributed by atoms with Gasteiger partial charge >= 0.3 is 5.97 Å². The SMILES string of the molecule is Cc1cc[n+](CC(C)C(=O)O)[nH]1. The zero-order valence-electron chi connectivity index (χ0n) is 7.24. The summed E-state index contributed by atoms with van der Waals surface area (Å²) in [6.45, 7) is 4.11. The molecule has 2 N–H and O–H groups in total. The molecule has 0 aromatic carbocycles. The zero-order chi connectivity index (χ0) is 9.14. The van der Waals surface area contributed by atoms with Crippen LogP contribution in [0.1, 0.15) is 12.6 Å². The van der Waals surface area contributed by atoms with Crippen LogP contribution in [-0.2, 0) is 11.3 Å². The van der Waals surface area contributed by atoms with Gasteiger partial charge in [0.25, 0.3) is 0 Å². The Balaban J connectivity index is 2.58. The molecular formula is C8H13N2O2+. The average Bonchev–Trinajstić information content (AvgIpc) is 2.35. The first-order valence-corrected chi connectivity index (χ1v) is 3.87. The maximum absolute atomic E-state index is 10.5. The van der Waals surface area contributed by atoms with Crippen LogP contribution < -0.4 is 4.68 Å². The predicted octanol–water partition coefficient (Wildman–Crippen LogP) is 0.331. The molecule has 12 heavy (non-hydrogen) atoms. The highest BCUT2D eigenvalue weighted by Crippen LogP contribution is 1.94. The molecule has 0 radical (unpaired) electrons. The number of nitrogens with one attached hydrogen (secondary N) is 1. The van der Waals surface area contributed by atoms with Crippen molar-refractivity contribution < 1.29 is 14.6 Å². The zero-order valence-corrected chi connectivity index (χ0v) is 7.24. The molecule has 0 fully saturated rings. The Morgan fingerprint density at radius 2 is 2.50 bits per heavy atom. The van der Waals surface area contributed by atoms with E-state index in [1.165, 1.54) is 0 Å². The number of aryl methyl sites for hydroxylation is 1. The Bertz CT molecular complexity index is 280. The lowest BCUT2D eigenvalue weighted by Crippen LogP contribution is -2.40. The fraction of sp³-hybridized carbons (Fsp3) is 0.500. The second-order valence-electron chi connectivity index (χ2n) is 3.00. The molecular weight excluding hydrogens is 156 g/mol. The maximum Gasteiger partial charge on any atom is 0.312 e. The van der Waals surface area contributed by atoms with Crippen molar-refractivity contribution in [3.63, 3.8) is 0 Å². The van der Waals surface area contributed by atoms with E-state index in [2.05, 4.69) is 5.10 Å². The number of rotatable bonds is 3. The van der Waals surface area contributed by atoms with Crippen molar-refractivity contribution in [2.75, 3.05) is 0 Å². The van der Waals surface area contributed by atoms with Crippen LogP contribution in [-0.4, -0.2) is 16.2 Å². The van der Waals surface area contributed by atoms with E-state index in [1.807, 2.05) is 19.2 Å². The van der Waals surface area contributed by atoms with Crippen LogP contribution in [0.5, 0.6) is 0 Å². The summed E-state index contributed by atoms with van der Waals surface area (Å²) in [6, 6.07) is 1.91. The van der Waals surface area contributed by atoms with Crippen LogP contribution in [0.25, 0.3) is 0 Å². The summed E-state index contributed by atoms with van der Waals surface area (Å²) < 4.78 is 1.77. The molecule has 1 aromatic rings. The minimum Gasteiger partial charge on any atom is -0.481 e. The number of carboxylic acid groups (broad SMARTS) is 1. The van der Waals surface area contributed by atoms with Crippen molar-refractivity contribution in [1.82, 2.24) is 5.10 Å². The molecule has 0 aliphatic carbocycles. The van der Waals surface area contributed by atoms with E-state index in [-0.39, 0.29) is 5.92 Å². The second-order valence-corrected chi connectivity index (χ2v) is 3.00. The molecule has 0 saturated carbocycles. The van der Waals surface area contributed by atoms with Crippen molar-refractivity contribution in [2.24, 2.45) is 5.92 Å². The van der Waals surface area contributed by atoms with Gasteiger partial charge in [-0.05, 0) is 13.8 Å². The molecule has 1 unspecified atom stereocenters. The van der Waals surface area contributed by atoms with Gasteiger partial charge < -0.3 is 5.11 Å². The Hall–Kier alpha value is -1.32. The minimum atomic E-state index is -0.769. The van der Waals surface area contributed by atoms with Crippen LogP contribution in [0, 0.1) is 12.8 Å². The van der Waals surface area contributed by atoms with Gasteiger partial charge in [0.2, 0.25) is 0 Å². The lowest BCUT2D eigenvalue weighted by Gasteiger charge is -1.97. The quantitative estimate of drug-likeness (QED) is 0.641. The number of hydrogen-bond acceptors (Lipinski definition) is 1.